The summed E-state index contributed by atoms with van der Waals surface area (Å²) in [6.07, 6.45) is 2.64. The first-order chi connectivity index (χ1) is 8.34. The van der Waals surface area contributed by atoms with Crippen LogP contribution in [0.25, 0.3) is 0 Å². The lowest BCUT2D eigenvalue weighted by Gasteiger charge is -2.01. The van der Waals surface area contributed by atoms with Gasteiger partial charge in [-0.05, 0) is 17.9 Å². The molecule has 0 saturated heterocycles. The standard InChI is InChI=1S/C13H12N2OS/c16-12(15-13-14-6-7-17-13)11-8-10(11)9-4-2-1-3-5-9/h1-7,10-11H,8H2,(H,14,15,16)/t10-,11-/m0/s1. The predicted octanol–water partition coefficient (Wildman–Crippen LogP) is 2.89. The van der Waals surface area contributed by atoms with Crippen molar-refractivity contribution in [1.82, 2.24) is 4.98 Å². The average molecular weight is 244 g/mol. The number of nitrogens with zero attached hydrogens (tertiary/aromatic N) is 1. The SMILES string of the molecule is O=C(Nc1nccs1)[C@H]1C[C@H]1c1ccccc1. The highest BCUT2D eigenvalue weighted by molar-refractivity contribution is 7.13. The number of aromatic nitrogens is 1. The highest BCUT2D eigenvalue weighted by Gasteiger charge is 2.43. The van der Waals surface area contributed by atoms with Crippen molar-refractivity contribution in [2.45, 2.75) is 12.3 Å². The number of hydrogen-bond donors (Lipinski definition) is 1. The van der Waals surface area contributed by atoms with Gasteiger partial charge < -0.3 is 5.32 Å². The number of amides is 1. The van der Waals surface area contributed by atoms with E-state index in [0.29, 0.717) is 11.0 Å². The van der Waals surface area contributed by atoms with E-state index >= 15 is 0 Å². The van der Waals surface area contributed by atoms with E-state index in [4.69, 9.17) is 0 Å². The normalized spacial score (nSPS) is 22.1. The quantitative estimate of drug-likeness (QED) is 0.902. The Morgan fingerprint density at radius 2 is 2.18 bits per heavy atom. The van der Waals surface area contributed by atoms with Crippen LogP contribution < -0.4 is 5.32 Å². The van der Waals surface area contributed by atoms with Crippen molar-refractivity contribution in [3.63, 3.8) is 0 Å². The number of carbonyl (C=O) groups excluding carboxylic acids is 1. The molecule has 2 aromatic rings. The number of hydrogen-bond acceptors (Lipinski definition) is 3. The molecular formula is C13H12N2OS. The fourth-order valence-corrected chi connectivity index (χ4v) is 2.57. The Hall–Kier alpha value is -1.68. The van der Waals surface area contributed by atoms with Gasteiger partial charge in [0.05, 0.1) is 0 Å². The molecule has 1 amide bonds. The first-order valence-corrected chi connectivity index (χ1v) is 6.48. The summed E-state index contributed by atoms with van der Waals surface area (Å²) in [5.74, 6) is 0.589. The van der Waals surface area contributed by atoms with Crippen molar-refractivity contribution >= 4 is 22.4 Å². The largest absolute Gasteiger partial charge is 0.302 e. The molecule has 0 radical (unpaired) electrons. The van der Waals surface area contributed by atoms with Crippen LogP contribution in [0.3, 0.4) is 0 Å². The fourth-order valence-electron chi connectivity index (χ4n) is 2.04. The number of benzene rings is 1. The van der Waals surface area contributed by atoms with Gasteiger partial charge >= 0.3 is 0 Å². The number of rotatable bonds is 3. The highest BCUT2D eigenvalue weighted by atomic mass is 32.1. The van der Waals surface area contributed by atoms with Crippen LogP contribution in [0.5, 0.6) is 0 Å². The zero-order chi connectivity index (χ0) is 11.7. The Bertz CT molecular complexity index is 509. The lowest BCUT2D eigenvalue weighted by molar-refractivity contribution is -0.117. The Morgan fingerprint density at radius 3 is 2.88 bits per heavy atom. The molecular weight excluding hydrogens is 232 g/mol. The van der Waals surface area contributed by atoms with E-state index in [1.165, 1.54) is 16.9 Å². The van der Waals surface area contributed by atoms with E-state index < -0.39 is 0 Å². The summed E-state index contributed by atoms with van der Waals surface area (Å²) in [6.45, 7) is 0. The second-order valence-corrected chi connectivity index (χ2v) is 5.08. The third-order valence-electron chi connectivity index (χ3n) is 3.02. The monoisotopic (exact) mass is 244 g/mol. The number of thiazole rings is 1. The topological polar surface area (TPSA) is 42.0 Å². The minimum atomic E-state index is 0.0915. The lowest BCUT2D eigenvalue weighted by atomic mass is 10.1. The zero-order valence-corrected chi connectivity index (χ0v) is 9.98. The molecule has 0 unspecified atom stereocenters. The van der Waals surface area contributed by atoms with Gasteiger partial charge in [-0.25, -0.2) is 4.98 Å². The smallest absolute Gasteiger partial charge is 0.229 e. The van der Waals surface area contributed by atoms with Gasteiger partial charge in [-0.3, -0.25) is 4.79 Å². The molecule has 3 rings (SSSR count). The van der Waals surface area contributed by atoms with Crippen LogP contribution in [-0.2, 0) is 4.79 Å². The second-order valence-electron chi connectivity index (χ2n) is 4.19. The fraction of sp³-hybridized carbons (Fsp3) is 0.231. The predicted molar refractivity (Wildman–Crippen MR) is 68.0 cm³/mol. The van der Waals surface area contributed by atoms with Crippen LogP contribution in [0, 0.1) is 5.92 Å². The minimum Gasteiger partial charge on any atom is -0.302 e. The van der Waals surface area contributed by atoms with E-state index in [0.717, 1.165) is 6.42 Å². The van der Waals surface area contributed by atoms with Crippen LogP contribution in [0.15, 0.2) is 41.9 Å². The van der Waals surface area contributed by atoms with E-state index in [9.17, 15) is 4.79 Å². The maximum Gasteiger partial charge on any atom is 0.229 e. The van der Waals surface area contributed by atoms with Crippen molar-refractivity contribution in [1.29, 1.82) is 0 Å². The van der Waals surface area contributed by atoms with E-state index in [2.05, 4.69) is 22.4 Å². The van der Waals surface area contributed by atoms with Gasteiger partial charge in [-0.1, -0.05) is 30.3 Å². The minimum absolute atomic E-state index is 0.0915. The summed E-state index contributed by atoms with van der Waals surface area (Å²) in [6, 6.07) is 10.2. The van der Waals surface area contributed by atoms with E-state index in [-0.39, 0.29) is 11.8 Å². The molecule has 2 atom stereocenters. The van der Waals surface area contributed by atoms with Crippen LogP contribution >= 0.6 is 11.3 Å². The third kappa shape index (κ3) is 2.22. The van der Waals surface area contributed by atoms with Gasteiger partial charge in [0.1, 0.15) is 0 Å². The maximum absolute atomic E-state index is 11.9. The molecule has 1 heterocycles. The van der Waals surface area contributed by atoms with E-state index in [1.54, 1.807) is 6.20 Å². The van der Waals surface area contributed by atoms with Crippen molar-refractivity contribution in [3.8, 4) is 0 Å². The van der Waals surface area contributed by atoms with Gasteiger partial charge in [0.25, 0.3) is 0 Å². The summed E-state index contributed by atoms with van der Waals surface area (Å²) in [5, 5.41) is 5.40. The molecule has 1 fully saturated rings. The molecule has 1 saturated carbocycles. The molecule has 86 valence electrons. The van der Waals surface area contributed by atoms with Crippen molar-refractivity contribution in [2.24, 2.45) is 5.92 Å². The molecule has 4 heteroatoms. The molecule has 0 bridgehead atoms. The molecule has 3 nitrogen and oxygen atoms in total. The first kappa shape index (κ1) is 10.5. The van der Waals surface area contributed by atoms with Crippen LogP contribution in [0.1, 0.15) is 17.9 Å². The zero-order valence-electron chi connectivity index (χ0n) is 9.17. The Kier molecular flexibility index (Phi) is 2.65. The molecule has 17 heavy (non-hydrogen) atoms. The summed E-state index contributed by atoms with van der Waals surface area (Å²) < 4.78 is 0. The lowest BCUT2D eigenvalue weighted by Crippen LogP contribution is -2.14. The van der Waals surface area contributed by atoms with Gasteiger partial charge in [-0.15, -0.1) is 11.3 Å². The molecule has 1 aliphatic rings. The maximum atomic E-state index is 11.9. The van der Waals surface area contributed by atoms with Crippen LogP contribution in [-0.4, -0.2) is 10.9 Å². The molecule has 1 aromatic heterocycles. The molecule has 0 aliphatic heterocycles. The molecule has 1 aliphatic carbocycles. The summed E-state index contributed by atoms with van der Waals surface area (Å²) in [7, 11) is 0. The number of anilines is 1. The van der Waals surface area contributed by atoms with Crippen LogP contribution in [0.4, 0.5) is 5.13 Å². The third-order valence-corrected chi connectivity index (χ3v) is 3.71. The van der Waals surface area contributed by atoms with Crippen molar-refractivity contribution in [2.75, 3.05) is 5.32 Å². The van der Waals surface area contributed by atoms with Crippen LogP contribution in [0.2, 0.25) is 0 Å². The van der Waals surface area contributed by atoms with Gasteiger partial charge in [0.2, 0.25) is 5.91 Å². The molecule has 1 aromatic carbocycles. The van der Waals surface area contributed by atoms with Crippen molar-refractivity contribution < 1.29 is 4.79 Å². The van der Waals surface area contributed by atoms with Gasteiger partial charge in [0, 0.05) is 17.5 Å². The highest BCUT2D eigenvalue weighted by Crippen LogP contribution is 2.47. The first-order valence-electron chi connectivity index (χ1n) is 5.60. The molecule has 1 N–H and O–H groups in total. The Morgan fingerprint density at radius 1 is 1.35 bits per heavy atom. The van der Waals surface area contributed by atoms with Gasteiger partial charge in [-0.2, -0.15) is 0 Å². The molecule has 0 spiro atoms. The van der Waals surface area contributed by atoms with E-state index in [1.807, 2.05) is 23.6 Å². The van der Waals surface area contributed by atoms with Gasteiger partial charge in [0.15, 0.2) is 5.13 Å². The average Bonchev–Trinajstić information content (AvgIpc) is 3.02. The summed E-state index contributed by atoms with van der Waals surface area (Å²) >= 11 is 1.45. The number of carbonyl (C=O) groups is 1. The van der Waals surface area contributed by atoms with Crippen molar-refractivity contribution in [3.05, 3.63) is 47.5 Å². The summed E-state index contributed by atoms with van der Waals surface area (Å²) in [4.78, 5) is 16.0. The summed E-state index contributed by atoms with van der Waals surface area (Å²) in [5.41, 5.74) is 1.26. The Balaban J connectivity index is 1.63. The second kappa shape index (κ2) is 4.30. The number of nitrogens with one attached hydrogen (secondary N) is 1. The Labute approximate surface area is 104 Å².